The zero-order chi connectivity index (χ0) is 22.6. The van der Waals surface area contributed by atoms with Crippen LogP contribution in [0.5, 0.6) is 0 Å². The lowest BCUT2D eigenvalue weighted by Gasteiger charge is -2.19. The molecule has 2 aromatic rings. The lowest BCUT2D eigenvalue weighted by Crippen LogP contribution is -2.29. The molecule has 0 aromatic heterocycles. The van der Waals surface area contributed by atoms with E-state index in [0.29, 0.717) is 17.8 Å². The molecule has 0 aliphatic rings. The number of halogens is 1. The van der Waals surface area contributed by atoms with Gasteiger partial charge in [0.05, 0.1) is 15.4 Å². The number of nitro benzene ring substituents is 1. The van der Waals surface area contributed by atoms with Gasteiger partial charge < -0.3 is 10.2 Å². The molecule has 0 saturated heterocycles. The monoisotopic (exact) mass is 454 g/mol. The Balaban J connectivity index is 2.40. The standard InChI is InChI=1S/C19H23ClN4O5S/c1-12(2)11-21-19(25)15-9-13(5-8-17(15)23(3)4)22-30(28,29)14-6-7-16(20)18(10-14)24(26)27/h5-10,12,22H,11H2,1-4H3,(H,21,25). The number of carbonyl (C=O) groups excluding carboxylic acids is 1. The van der Waals surface area contributed by atoms with E-state index in [0.717, 1.165) is 12.1 Å². The fourth-order valence-corrected chi connectivity index (χ4v) is 3.83. The SMILES string of the molecule is CC(C)CNC(=O)c1cc(NS(=O)(=O)c2ccc(Cl)c([N+](=O)[O-])c2)ccc1N(C)C. The van der Waals surface area contributed by atoms with Gasteiger partial charge in [0.15, 0.2) is 0 Å². The van der Waals surface area contributed by atoms with Gasteiger partial charge in [0.25, 0.3) is 21.6 Å². The van der Waals surface area contributed by atoms with Crippen LogP contribution in [0.4, 0.5) is 17.1 Å². The van der Waals surface area contributed by atoms with Gasteiger partial charge in [-0.2, -0.15) is 0 Å². The van der Waals surface area contributed by atoms with Crippen molar-refractivity contribution in [1.29, 1.82) is 0 Å². The number of hydrogen-bond donors (Lipinski definition) is 2. The van der Waals surface area contributed by atoms with Crippen LogP contribution in [0.1, 0.15) is 24.2 Å². The van der Waals surface area contributed by atoms with Crippen molar-refractivity contribution < 1.29 is 18.1 Å². The van der Waals surface area contributed by atoms with Crippen LogP contribution in [0.2, 0.25) is 5.02 Å². The predicted octanol–water partition coefficient (Wildman–Crippen LogP) is 3.50. The highest BCUT2D eigenvalue weighted by Crippen LogP contribution is 2.29. The summed E-state index contributed by atoms with van der Waals surface area (Å²) < 4.78 is 27.8. The molecule has 0 saturated carbocycles. The Labute approximate surface area is 180 Å². The van der Waals surface area contributed by atoms with E-state index in [1.165, 1.54) is 18.2 Å². The molecule has 0 aliphatic heterocycles. The first-order chi connectivity index (χ1) is 13.9. The molecule has 2 aromatic carbocycles. The highest BCUT2D eigenvalue weighted by molar-refractivity contribution is 7.92. The number of sulfonamides is 1. The van der Waals surface area contributed by atoms with Gasteiger partial charge in [-0.05, 0) is 36.2 Å². The van der Waals surface area contributed by atoms with Crippen LogP contribution in [-0.2, 0) is 10.0 Å². The van der Waals surface area contributed by atoms with E-state index < -0.39 is 20.6 Å². The van der Waals surface area contributed by atoms with E-state index in [2.05, 4.69) is 10.0 Å². The maximum absolute atomic E-state index is 12.7. The number of carbonyl (C=O) groups is 1. The van der Waals surface area contributed by atoms with Crippen molar-refractivity contribution in [3.63, 3.8) is 0 Å². The third-order valence-electron chi connectivity index (χ3n) is 4.07. The Morgan fingerprint density at radius 1 is 1.20 bits per heavy atom. The molecule has 0 unspecified atom stereocenters. The molecule has 2 N–H and O–H groups in total. The Kier molecular flexibility index (Phi) is 7.27. The third kappa shape index (κ3) is 5.61. The summed E-state index contributed by atoms with van der Waals surface area (Å²) in [6.07, 6.45) is 0. The number of rotatable bonds is 8. The predicted molar refractivity (Wildman–Crippen MR) is 117 cm³/mol. The smallest absolute Gasteiger partial charge is 0.289 e. The molecule has 30 heavy (non-hydrogen) atoms. The van der Waals surface area contributed by atoms with Gasteiger partial charge in [-0.3, -0.25) is 19.6 Å². The van der Waals surface area contributed by atoms with Gasteiger partial charge in [-0.1, -0.05) is 25.4 Å². The Morgan fingerprint density at radius 2 is 1.87 bits per heavy atom. The number of nitrogens with one attached hydrogen (secondary N) is 2. The van der Waals surface area contributed by atoms with Crippen LogP contribution < -0.4 is 14.9 Å². The summed E-state index contributed by atoms with van der Waals surface area (Å²) in [7, 11) is -0.608. The summed E-state index contributed by atoms with van der Waals surface area (Å²) in [6.45, 7) is 4.39. The quantitative estimate of drug-likeness (QED) is 0.465. The number of nitro groups is 1. The second kappa shape index (κ2) is 9.31. The molecule has 0 aliphatic carbocycles. The van der Waals surface area contributed by atoms with Crippen LogP contribution >= 0.6 is 11.6 Å². The Bertz CT molecular complexity index is 1070. The second-order valence-electron chi connectivity index (χ2n) is 7.21. The molecule has 9 nitrogen and oxygen atoms in total. The topological polar surface area (TPSA) is 122 Å². The molecule has 0 atom stereocenters. The van der Waals surface area contributed by atoms with E-state index in [4.69, 9.17) is 11.6 Å². The summed E-state index contributed by atoms with van der Waals surface area (Å²) in [6, 6.07) is 7.75. The second-order valence-corrected chi connectivity index (χ2v) is 9.30. The fourth-order valence-electron chi connectivity index (χ4n) is 2.58. The summed E-state index contributed by atoms with van der Waals surface area (Å²) >= 11 is 5.75. The fraction of sp³-hybridized carbons (Fsp3) is 0.316. The highest BCUT2D eigenvalue weighted by Gasteiger charge is 2.22. The zero-order valence-corrected chi connectivity index (χ0v) is 18.5. The number of hydrogen-bond acceptors (Lipinski definition) is 6. The van der Waals surface area contributed by atoms with Crippen LogP contribution in [0.15, 0.2) is 41.3 Å². The molecule has 162 valence electrons. The summed E-state index contributed by atoms with van der Waals surface area (Å²) in [5, 5.41) is 13.7. The minimum atomic E-state index is -4.15. The molecule has 0 radical (unpaired) electrons. The molecule has 1 amide bonds. The maximum atomic E-state index is 12.7. The Morgan fingerprint density at radius 3 is 2.43 bits per heavy atom. The van der Waals surface area contributed by atoms with Gasteiger partial charge in [0.1, 0.15) is 5.02 Å². The summed E-state index contributed by atoms with van der Waals surface area (Å²) in [4.78, 5) is 24.3. The Hall–Kier alpha value is -2.85. The first kappa shape index (κ1) is 23.4. The van der Waals surface area contributed by atoms with Crippen LogP contribution in [0.3, 0.4) is 0 Å². The minimum Gasteiger partial charge on any atom is -0.377 e. The van der Waals surface area contributed by atoms with E-state index in [1.807, 2.05) is 13.8 Å². The van der Waals surface area contributed by atoms with Gasteiger partial charge >= 0.3 is 0 Å². The van der Waals surface area contributed by atoms with Gasteiger partial charge in [-0.15, -0.1) is 0 Å². The van der Waals surface area contributed by atoms with Crippen molar-refractivity contribution in [2.45, 2.75) is 18.7 Å². The van der Waals surface area contributed by atoms with Crippen LogP contribution in [-0.4, -0.2) is 39.9 Å². The van der Waals surface area contributed by atoms with E-state index in [-0.39, 0.29) is 27.4 Å². The van der Waals surface area contributed by atoms with Crippen molar-refractivity contribution in [3.05, 3.63) is 57.1 Å². The molecule has 0 spiro atoms. The number of anilines is 2. The molecular weight excluding hydrogens is 432 g/mol. The van der Waals surface area contributed by atoms with Crippen molar-refractivity contribution in [2.24, 2.45) is 5.92 Å². The minimum absolute atomic E-state index is 0.146. The number of nitrogens with zero attached hydrogens (tertiary/aromatic N) is 2. The van der Waals surface area contributed by atoms with Gasteiger partial charge in [-0.25, -0.2) is 8.42 Å². The van der Waals surface area contributed by atoms with E-state index in [9.17, 15) is 23.3 Å². The van der Waals surface area contributed by atoms with Gasteiger partial charge in [0, 0.05) is 38.1 Å². The average molecular weight is 455 g/mol. The lowest BCUT2D eigenvalue weighted by atomic mass is 10.1. The molecule has 2 rings (SSSR count). The number of benzene rings is 2. The van der Waals surface area contributed by atoms with Crippen molar-refractivity contribution in [1.82, 2.24) is 5.32 Å². The summed E-state index contributed by atoms with van der Waals surface area (Å²) in [5.41, 5.74) is 0.536. The van der Waals surface area contributed by atoms with Gasteiger partial charge in [0.2, 0.25) is 0 Å². The molecule has 0 bridgehead atoms. The molecule has 0 fully saturated rings. The first-order valence-corrected chi connectivity index (χ1v) is 10.8. The normalized spacial score (nSPS) is 11.3. The summed E-state index contributed by atoms with van der Waals surface area (Å²) in [5.74, 6) is -0.0882. The van der Waals surface area contributed by atoms with E-state index >= 15 is 0 Å². The third-order valence-corrected chi connectivity index (χ3v) is 5.77. The van der Waals surface area contributed by atoms with Crippen molar-refractivity contribution in [2.75, 3.05) is 30.3 Å². The highest BCUT2D eigenvalue weighted by atomic mass is 35.5. The average Bonchev–Trinajstić information content (AvgIpc) is 2.65. The largest absolute Gasteiger partial charge is 0.377 e. The van der Waals surface area contributed by atoms with Crippen LogP contribution in [0, 0.1) is 16.0 Å². The van der Waals surface area contributed by atoms with Crippen molar-refractivity contribution in [3.8, 4) is 0 Å². The van der Waals surface area contributed by atoms with E-state index in [1.54, 1.807) is 25.1 Å². The molecule has 11 heteroatoms. The number of amides is 1. The maximum Gasteiger partial charge on any atom is 0.289 e. The molecule has 0 heterocycles. The zero-order valence-electron chi connectivity index (χ0n) is 17.0. The first-order valence-electron chi connectivity index (χ1n) is 8.98. The van der Waals surface area contributed by atoms with Crippen molar-refractivity contribution >= 4 is 44.6 Å². The lowest BCUT2D eigenvalue weighted by molar-refractivity contribution is -0.384. The molecular formula is C19H23ClN4O5S. The van der Waals surface area contributed by atoms with Crippen LogP contribution in [0.25, 0.3) is 0 Å².